The van der Waals surface area contributed by atoms with Crippen molar-refractivity contribution < 1.29 is 0 Å². The van der Waals surface area contributed by atoms with E-state index in [2.05, 4.69) is 23.3 Å². The maximum atomic E-state index is 5.82. The number of nitrogens with two attached hydrogens (primary N) is 1. The molecule has 2 atom stereocenters. The van der Waals surface area contributed by atoms with Gasteiger partial charge in [0.25, 0.3) is 0 Å². The minimum Gasteiger partial charge on any atom is -0.367 e. The van der Waals surface area contributed by atoms with Gasteiger partial charge in [0.05, 0.1) is 0 Å². The van der Waals surface area contributed by atoms with Gasteiger partial charge in [0.15, 0.2) is 0 Å². The number of nitrogens with zero attached hydrogens (tertiary/aromatic N) is 1. The Balaban J connectivity index is 2.02. The summed E-state index contributed by atoms with van der Waals surface area (Å²) in [5, 5.41) is 3.53. The number of pyridine rings is 1. The molecule has 1 aliphatic rings. The molecule has 0 aromatic carbocycles. The zero-order chi connectivity index (χ0) is 11.4. The maximum absolute atomic E-state index is 5.82. The van der Waals surface area contributed by atoms with Crippen molar-refractivity contribution in [1.29, 1.82) is 0 Å². The first-order valence-electron chi connectivity index (χ1n) is 6.19. The minimum atomic E-state index is 0.507. The van der Waals surface area contributed by atoms with Gasteiger partial charge in [0.1, 0.15) is 5.82 Å². The number of anilines is 1. The van der Waals surface area contributed by atoms with Crippen molar-refractivity contribution in [3.05, 3.63) is 23.9 Å². The van der Waals surface area contributed by atoms with E-state index in [9.17, 15) is 0 Å². The van der Waals surface area contributed by atoms with Crippen LogP contribution in [0.1, 0.15) is 31.2 Å². The average molecular weight is 219 g/mol. The van der Waals surface area contributed by atoms with E-state index in [4.69, 9.17) is 5.73 Å². The zero-order valence-electron chi connectivity index (χ0n) is 9.95. The smallest absolute Gasteiger partial charge is 0.126 e. The van der Waals surface area contributed by atoms with Crippen LogP contribution in [0.25, 0.3) is 0 Å². The molecule has 0 aliphatic heterocycles. The van der Waals surface area contributed by atoms with E-state index in [-0.39, 0.29) is 0 Å². The first-order chi connectivity index (χ1) is 7.79. The Morgan fingerprint density at radius 3 is 3.00 bits per heavy atom. The predicted octanol–water partition coefficient (Wildman–Crippen LogP) is 2.32. The standard InChI is InChI=1S/C13H21N3/c1-10-6-7-15-13(8-10)16-12-5-3-2-4-11(12)9-14/h6-8,11-12H,2-5,9,14H2,1H3,(H,15,16). The van der Waals surface area contributed by atoms with Crippen LogP contribution in [0.15, 0.2) is 18.3 Å². The Morgan fingerprint density at radius 1 is 1.44 bits per heavy atom. The lowest BCUT2D eigenvalue weighted by molar-refractivity contribution is 0.332. The van der Waals surface area contributed by atoms with Crippen molar-refractivity contribution >= 4 is 5.82 Å². The van der Waals surface area contributed by atoms with E-state index in [0.717, 1.165) is 12.4 Å². The van der Waals surface area contributed by atoms with Crippen LogP contribution in [0, 0.1) is 12.8 Å². The van der Waals surface area contributed by atoms with Crippen molar-refractivity contribution in [2.24, 2.45) is 11.7 Å². The fourth-order valence-electron chi connectivity index (χ4n) is 2.48. The lowest BCUT2D eigenvalue weighted by Crippen LogP contribution is -2.36. The van der Waals surface area contributed by atoms with Crippen molar-refractivity contribution in [3.63, 3.8) is 0 Å². The molecule has 3 heteroatoms. The zero-order valence-corrected chi connectivity index (χ0v) is 9.95. The fourth-order valence-corrected chi connectivity index (χ4v) is 2.48. The quantitative estimate of drug-likeness (QED) is 0.820. The van der Waals surface area contributed by atoms with Gasteiger partial charge < -0.3 is 11.1 Å². The molecule has 88 valence electrons. The van der Waals surface area contributed by atoms with E-state index in [0.29, 0.717) is 12.0 Å². The molecule has 0 radical (unpaired) electrons. The van der Waals surface area contributed by atoms with E-state index in [1.807, 2.05) is 12.3 Å². The Morgan fingerprint density at radius 2 is 2.25 bits per heavy atom. The van der Waals surface area contributed by atoms with Crippen LogP contribution in [-0.2, 0) is 0 Å². The third-order valence-corrected chi connectivity index (χ3v) is 3.46. The molecule has 1 aliphatic carbocycles. The van der Waals surface area contributed by atoms with Crippen LogP contribution < -0.4 is 11.1 Å². The van der Waals surface area contributed by atoms with Crippen LogP contribution in [0.2, 0.25) is 0 Å². The lowest BCUT2D eigenvalue weighted by atomic mass is 9.84. The second-order valence-corrected chi connectivity index (χ2v) is 4.75. The largest absolute Gasteiger partial charge is 0.367 e. The SMILES string of the molecule is Cc1ccnc(NC2CCCCC2CN)c1. The van der Waals surface area contributed by atoms with Gasteiger partial charge in [0.2, 0.25) is 0 Å². The molecule has 1 aromatic heterocycles. The summed E-state index contributed by atoms with van der Waals surface area (Å²) in [6.07, 6.45) is 6.96. The summed E-state index contributed by atoms with van der Waals surface area (Å²) in [4.78, 5) is 4.35. The number of nitrogens with one attached hydrogen (secondary N) is 1. The first kappa shape index (κ1) is 11.4. The van der Waals surface area contributed by atoms with Crippen molar-refractivity contribution in [2.75, 3.05) is 11.9 Å². The fraction of sp³-hybridized carbons (Fsp3) is 0.615. The highest BCUT2D eigenvalue weighted by molar-refractivity contribution is 5.38. The van der Waals surface area contributed by atoms with Crippen LogP contribution in [0.4, 0.5) is 5.82 Å². The van der Waals surface area contributed by atoms with Crippen LogP contribution in [-0.4, -0.2) is 17.6 Å². The molecule has 0 amide bonds. The van der Waals surface area contributed by atoms with Gasteiger partial charge in [0, 0.05) is 12.2 Å². The molecular weight excluding hydrogens is 198 g/mol. The number of aryl methyl sites for hydroxylation is 1. The van der Waals surface area contributed by atoms with Crippen LogP contribution in [0.3, 0.4) is 0 Å². The summed E-state index contributed by atoms with van der Waals surface area (Å²) in [5.41, 5.74) is 7.06. The summed E-state index contributed by atoms with van der Waals surface area (Å²) in [6, 6.07) is 4.63. The monoisotopic (exact) mass is 219 g/mol. The van der Waals surface area contributed by atoms with Gasteiger partial charge in [-0.1, -0.05) is 12.8 Å². The summed E-state index contributed by atoms with van der Waals surface area (Å²) >= 11 is 0. The highest BCUT2D eigenvalue weighted by Crippen LogP contribution is 2.26. The molecule has 16 heavy (non-hydrogen) atoms. The number of hydrogen-bond acceptors (Lipinski definition) is 3. The number of hydrogen-bond donors (Lipinski definition) is 2. The normalized spacial score (nSPS) is 25.4. The summed E-state index contributed by atoms with van der Waals surface area (Å²) in [5.74, 6) is 1.60. The number of rotatable bonds is 3. The van der Waals surface area contributed by atoms with Crippen molar-refractivity contribution in [1.82, 2.24) is 4.98 Å². The molecule has 0 spiro atoms. The molecule has 1 aromatic rings. The molecule has 1 heterocycles. The summed E-state index contributed by atoms with van der Waals surface area (Å²) in [7, 11) is 0. The first-order valence-corrected chi connectivity index (χ1v) is 6.19. The lowest BCUT2D eigenvalue weighted by Gasteiger charge is -2.31. The molecule has 2 rings (SSSR count). The molecular formula is C13H21N3. The van der Waals surface area contributed by atoms with Gasteiger partial charge in [-0.3, -0.25) is 0 Å². The Labute approximate surface area is 97.5 Å². The van der Waals surface area contributed by atoms with Gasteiger partial charge in [-0.2, -0.15) is 0 Å². The van der Waals surface area contributed by atoms with E-state index >= 15 is 0 Å². The summed E-state index contributed by atoms with van der Waals surface area (Å²) in [6.45, 7) is 2.87. The second-order valence-electron chi connectivity index (χ2n) is 4.75. The van der Waals surface area contributed by atoms with Gasteiger partial charge >= 0.3 is 0 Å². The number of aromatic nitrogens is 1. The molecule has 1 fully saturated rings. The Bertz CT molecular complexity index is 338. The van der Waals surface area contributed by atoms with Crippen LogP contribution >= 0.6 is 0 Å². The molecule has 3 nitrogen and oxygen atoms in total. The maximum Gasteiger partial charge on any atom is 0.126 e. The highest BCUT2D eigenvalue weighted by atomic mass is 15.0. The molecule has 1 saturated carbocycles. The molecule has 0 bridgehead atoms. The summed E-state index contributed by atoms with van der Waals surface area (Å²) < 4.78 is 0. The Kier molecular flexibility index (Phi) is 3.78. The average Bonchev–Trinajstić information content (AvgIpc) is 2.30. The van der Waals surface area contributed by atoms with Crippen molar-refractivity contribution in [2.45, 2.75) is 38.6 Å². The topological polar surface area (TPSA) is 50.9 Å². The van der Waals surface area contributed by atoms with Crippen LogP contribution in [0.5, 0.6) is 0 Å². The van der Waals surface area contributed by atoms with E-state index in [1.165, 1.54) is 31.2 Å². The molecule has 0 saturated heterocycles. The van der Waals surface area contributed by atoms with Gasteiger partial charge in [-0.05, 0) is 49.9 Å². The van der Waals surface area contributed by atoms with E-state index < -0.39 is 0 Å². The second kappa shape index (κ2) is 5.30. The highest BCUT2D eigenvalue weighted by Gasteiger charge is 2.23. The van der Waals surface area contributed by atoms with Gasteiger partial charge in [-0.25, -0.2) is 4.98 Å². The third kappa shape index (κ3) is 2.73. The Hall–Kier alpha value is -1.09. The van der Waals surface area contributed by atoms with E-state index in [1.54, 1.807) is 0 Å². The predicted molar refractivity (Wildman–Crippen MR) is 67.4 cm³/mol. The van der Waals surface area contributed by atoms with Crippen molar-refractivity contribution in [3.8, 4) is 0 Å². The molecule has 2 unspecified atom stereocenters. The van der Waals surface area contributed by atoms with Gasteiger partial charge in [-0.15, -0.1) is 0 Å². The minimum absolute atomic E-state index is 0.507. The third-order valence-electron chi connectivity index (χ3n) is 3.46. The molecule has 3 N–H and O–H groups in total.